The Hall–Kier alpha value is -9.20. The zero-order chi connectivity index (χ0) is 50.7. The third kappa shape index (κ3) is 6.53. The first-order chi connectivity index (χ1) is 36.7. The third-order valence-corrected chi connectivity index (χ3v) is 15.5. The maximum atomic E-state index is 17.5. The van der Waals surface area contributed by atoms with Crippen LogP contribution in [0.1, 0.15) is 39.7 Å². The van der Waals surface area contributed by atoms with Gasteiger partial charge in [0, 0.05) is 87.3 Å². The molecule has 0 bridgehead atoms. The van der Waals surface area contributed by atoms with Crippen LogP contribution in [0.4, 0.5) is 8.78 Å². The number of hydrogen-bond donors (Lipinski definition) is 0. The molecule has 5 nitrogen and oxygen atoms in total. The summed E-state index contributed by atoms with van der Waals surface area (Å²) in [6.45, 7) is 8.26. The zero-order valence-corrected chi connectivity index (χ0v) is 41.8. The highest BCUT2D eigenvalue weighted by atomic mass is 19.1. The van der Waals surface area contributed by atoms with Gasteiger partial charge < -0.3 is 22.5 Å². The van der Waals surface area contributed by atoms with Crippen LogP contribution in [0, 0.1) is 5.82 Å². The molecule has 0 fully saturated rings. The first-order valence-electron chi connectivity index (χ1n) is 25.6. The molecule has 5 aromatic heterocycles. The SMILES string of the molecule is CC\C(=C(/C(=C(\C=C/C=C(\C)F)c1ccccc1F)n1c2ccccc2c2c3c(ccc21)oc1ccccc13)C(C)(C)n1c2ccccc2c2ccccc21)n1c2ccccc2c2c3c(ccc21)oc1ccccc13. The number of allylic oxidation sites excluding steroid dienone is 8. The van der Waals surface area contributed by atoms with Crippen molar-refractivity contribution in [2.24, 2.45) is 0 Å². The van der Waals surface area contributed by atoms with Crippen molar-refractivity contribution in [1.29, 1.82) is 0 Å². The molecule has 0 saturated carbocycles. The van der Waals surface area contributed by atoms with Gasteiger partial charge in [0.25, 0.3) is 0 Å². The highest BCUT2D eigenvalue weighted by molar-refractivity contribution is 6.30. The monoisotopic (exact) mass is 977 g/mol. The average Bonchev–Trinajstić information content (AvgIpc) is 4.38. The van der Waals surface area contributed by atoms with Crippen molar-refractivity contribution in [2.75, 3.05) is 0 Å². The summed E-state index contributed by atoms with van der Waals surface area (Å²) in [6, 6.07) is 66.3. The number of hydrogen-bond acceptors (Lipinski definition) is 2. The van der Waals surface area contributed by atoms with Crippen molar-refractivity contribution in [3.8, 4) is 0 Å². The summed E-state index contributed by atoms with van der Waals surface area (Å²) >= 11 is 0. The molecular weight excluding hydrogens is 929 g/mol. The maximum Gasteiger partial charge on any atom is 0.136 e. The molecule has 5 heterocycles. The van der Waals surface area contributed by atoms with Crippen LogP contribution in [0.15, 0.2) is 233 Å². The van der Waals surface area contributed by atoms with Gasteiger partial charge in [-0.05, 0) is 100.0 Å². The van der Waals surface area contributed by atoms with E-state index in [9.17, 15) is 0 Å². The highest BCUT2D eigenvalue weighted by Gasteiger charge is 2.38. The van der Waals surface area contributed by atoms with E-state index in [-0.39, 0.29) is 5.83 Å². The van der Waals surface area contributed by atoms with Gasteiger partial charge in [-0.2, -0.15) is 0 Å². The fourth-order valence-electron chi connectivity index (χ4n) is 12.6. The lowest BCUT2D eigenvalue weighted by Crippen LogP contribution is -2.32. The Morgan fingerprint density at radius 1 is 0.480 bits per heavy atom. The number of nitrogens with zero attached hydrogens (tertiary/aromatic N) is 3. The normalized spacial score (nSPS) is 13.7. The van der Waals surface area contributed by atoms with Crippen LogP contribution in [-0.4, -0.2) is 13.7 Å². The van der Waals surface area contributed by atoms with Crippen LogP contribution in [0.2, 0.25) is 0 Å². The second-order valence-electron chi connectivity index (χ2n) is 20.0. The van der Waals surface area contributed by atoms with Crippen molar-refractivity contribution >= 4 is 126 Å². The Kier molecular flexibility index (Phi) is 10.0. The van der Waals surface area contributed by atoms with Gasteiger partial charge in [0.15, 0.2) is 0 Å². The zero-order valence-electron chi connectivity index (χ0n) is 41.8. The molecule has 0 aliphatic rings. The molecule has 0 saturated heterocycles. The average molecular weight is 978 g/mol. The molecule has 0 amide bonds. The predicted molar refractivity (Wildman–Crippen MR) is 309 cm³/mol. The van der Waals surface area contributed by atoms with Crippen molar-refractivity contribution in [3.05, 3.63) is 235 Å². The third-order valence-electron chi connectivity index (χ3n) is 15.5. The highest BCUT2D eigenvalue weighted by Crippen LogP contribution is 2.52. The summed E-state index contributed by atoms with van der Waals surface area (Å²) in [5.74, 6) is -0.775. The lowest BCUT2D eigenvalue weighted by atomic mass is 9.83. The molecule has 75 heavy (non-hydrogen) atoms. The lowest BCUT2D eigenvalue weighted by Gasteiger charge is -2.37. The standard InChI is InChI=1S/C68H49F2N3O2/c1-5-51(71-52-31-14-9-25-46(52)62-56(71)37-39-60-64(62)48-27-11-18-35-58(48)74-60)66(68(3,4)73-54-33-16-7-23-43(54)44-24-8-17-34-55(44)73)67(45(29-20-21-41(2)69)42-22-6-13-30-50(42)70)72-53-32-15-10-26-47(53)63-57(72)38-40-61-65(63)49-28-12-19-36-59(49)75-61/h6-40H,5H2,1-4H3/b29-20-,41-21+,66-51-,67-45-. The topological polar surface area (TPSA) is 41.1 Å². The molecule has 0 aliphatic carbocycles. The first kappa shape index (κ1) is 44.5. The predicted octanol–water partition coefficient (Wildman–Crippen LogP) is 19.5. The minimum absolute atomic E-state index is 0.370. The molecule has 0 atom stereocenters. The van der Waals surface area contributed by atoms with E-state index in [1.165, 1.54) is 19.1 Å². The summed E-state index contributed by atoms with van der Waals surface area (Å²) in [6.07, 6.45) is 5.60. The number of benzene rings is 9. The molecule has 0 spiro atoms. The summed E-state index contributed by atoms with van der Waals surface area (Å²) in [4.78, 5) is 0. The van der Waals surface area contributed by atoms with Gasteiger partial charge in [0.2, 0.25) is 0 Å². The number of para-hydroxylation sites is 6. The molecule has 0 radical (unpaired) electrons. The number of halogens is 2. The Morgan fingerprint density at radius 2 is 0.933 bits per heavy atom. The second kappa shape index (κ2) is 16.9. The van der Waals surface area contributed by atoms with Gasteiger partial charge in [-0.1, -0.05) is 146 Å². The summed E-state index contributed by atoms with van der Waals surface area (Å²) in [5.41, 5.74) is 11.8. The van der Waals surface area contributed by atoms with E-state index < -0.39 is 11.4 Å². The Morgan fingerprint density at radius 3 is 1.47 bits per heavy atom. The van der Waals surface area contributed by atoms with E-state index in [1.807, 2.05) is 42.5 Å². The number of furan rings is 2. The molecule has 9 aromatic carbocycles. The van der Waals surface area contributed by atoms with E-state index in [4.69, 9.17) is 8.83 Å². The van der Waals surface area contributed by atoms with Gasteiger partial charge in [-0.3, -0.25) is 0 Å². The second-order valence-corrected chi connectivity index (χ2v) is 20.0. The first-order valence-corrected chi connectivity index (χ1v) is 25.6. The number of fused-ring (bicyclic) bond motifs is 17. The minimum Gasteiger partial charge on any atom is -0.456 e. The van der Waals surface area contributed by atoms with Gasteiger partial charge in [-0.15, -0.1) is 0 Å². The molecule has 0 unspecified atom stereocenters. The Labute approximate surface area is 430 Å². The lowest BCUT2D eigenvalue weighted by molar-refractivity contribution is 0.463. The Bertz CT molecular complexity index is 4770. The van der Waals surface area contributed by atoms with Crippen LogP contribution in [0.3, 0.4) is 0 Å². The fourth-order valence-corrected chi connectivity index (χ4v) is 12.6. The van der Waals surface area contributed by atoms with Crippen molar-refractivity contribution in [1.82, 2.24) is 13.7 Å². The number of aromatic nitrogens is 3. The summed E-state index contributed by atoms with van der Waals surface area (Å²) in [5, 5.41) is 10.5. The molecule has 14 aromatic rings. The van der Waals surface area contributed by atoms with Gasteiger partial charge in [0.1, 0.15) is 28.1 Å². The largest absolute Gasteiger partial charge is 0.456 e. The van der Waals surface area contributed by atoms with Crippen molar-refractivity contribution in [3.63, 3.8) is 0 Å². The van der Waals surface area contributed by atoms with Crippen LogP contribution in [0.5, 0.6) is 0 Å². The smallest absolute Gasteiger partial charge is 0.136 e. The summed E-state index contributed by atoms with van der Waals surface area (Å²) < 4.78 is 53.0. The van der Waals surface area contributed by atoms with E-state index in [0.29, 0.717) is 17.6 Å². The summed E-state index contributed by atoms with van der Waals surface area (Å²) in [7, 11) is 0. The molecule has 362 valence electrons. The van der Waals surface area contributed by atoms with Crippen LogP contribution >= 0.6 is 0 Å². The molecule has 14 rings (SSSR count). The maximum absolute atomic E-state index is 17.5. The van der Waals surface area contributed by atoms with Crippen LogP contribution < -0.4 is 0 Å². The fraction of sp³-hybridized carbons (Fsp3) is 0.0882. The van der Waals surface area contributed by atoms with E-state index in [0.717, 1.165) is 126 Å². The van der Waals surface area contributed by atoms with E-state index in [2.05, 4.69) is 180 Å². The quantitative estimate of drug-likeness (QED) is 0.135. The molecular formula is C68H49F2N3O2. The molecule has 7 heteroatoms. The van der Waals surface area contributed by atoms with E-state index in [1.54, 1.807) is 12.1 Å². The van der Waals surface area contributed by atoms with Gasteiger partial charge in [0.05, 0.1) is 39.1 Å². The minimum atomic E-state index is -0.951. The Balaban J connectivity index is 1.27. The van der Waals surface area contributed by atoms with Gasteiger partial charge in [-0.25, -0.2) is 8.78 Å². The van der Waals surface area contributed by atoms with Crippen molar-refractivity contribution in [2.45, 2.75) is 39.7 Å². The van der Waals surface area contributed by atoms with Crippen LogP contribution in [0.25, 0.3) is 126 Å². The van der Waals surface area contributed by atoms with Crippen LogP contribution in [-0.2, 0) is 5.54 Å². The molecule has 0 aliphatic heterocycles. The molecule has 0 N–H and O–H groups in total. The number of rotatable bonds is 9. The van der Waals surface area contributed by atoms with E-state index >= 15 is 8.78 Å². The van der Waals surface area contributed by atoms with Gasteiger partial charge >= 0.3 is 0 Å². The van der Waals surface area contributed by atoms with Crippen molar-refractivity contribution < 1.29 is 17.6 Å².